The lowest BCUT2D eigenvalue weighted by Gasteiger charge is -2.57. The first-order valence-electron chi connectivity index (χ1n) is 7.56. The summed E-state index contributed by atoms with van der Waals surface area (Å²) < 4.78 is 0. The van der Waals surface area contributed by atoms with Gasteiger partial charge in [-0.2, -0.15) is 5.26 Å². The second-order valence-corrected chi connectivity index (χ2v) is 7.20. The van der Waals surface area contributed by atoms with Crippen LogP contribution in [-0.2, 0) is 5.41 Å². The van der Waals surface area contributed by atoms with Crippen LogP contribution in [0.25, 0.3) is 0 Å². The zero-order valence-corrected chi connectivity index (χ0v) is 11.5. The van der Waals surface area contributed by atoms with Crippen molar-refractivity contribution in [3.05, 3.63) is 23.3 Å². The van der Waals surface area contributed by atoms with Gasteiger partial charge in [0.2, 0.25) is 0 Å². The Balaban J connectivity index is 1.87. The Hall–Kier alpha value is -1.69. The highest BCUT2D eigenvalue weighted by Gasteiger charge is 2.52. The SMILES string of the molecule is N#Cc1c(O)cc(O)cc1C12CC3CC(CC(C3)C1)C2. The number of phenolic OH excluding ortho intramolecular Hbond substituents is 2. The zero-order chi connectivity index (χ0) is 13.9. The van der Waals surface area contributed by atoms with Gasteiger partial charge in [0.15, 0.2) is 0 Å². The molecule has 20 heavy (non-hydrogen) atoms. The van der Waals surface area contributed by atoms with Crippen molar-refractivity contribution in [2.75, 3.05) is 0 Å². The molecular formula is C17H19NO2. The summed E-state index contributed by atoms with van der Waals surface area (Å²) in [7, 11) is 0. The molecule has 4 aliphatic carbocycles. The lowest BCUT2D eigenvalue weighted by Crippen LogP contribution is -2.48. The maximum Gasteiger partial charge on any atom is 0.137 e. The molecular weight excluding hydrogens is 250 g/mol. The number of benzene rings is 1. The molecule has 3 nitrogen and oxygen atoms in total. The van der Waals surface area contributed by atoms with Crippen molar-refractivity contribution in [1.29, 1.82) is 5.26 Å². The molecule has 3 heteroatoms. The molecule has 1 aromatic rings. The number of nitriles is 1. The average Bonchev–Trinajstić information content (AvgIpc) is 2.36. The van der Waals surface area contributed by atoms with Gasteiger partial charge in [-0.25, -0.2) is 0 Å². The Morgan fingerprint density at radius 1 is 1.00 bits per heavy atom. The summed E-state index contributed by atoms with van der Waals surface area (Å²) in [4.78, 5) is 0. The minimum atomic E-state index is -0.0711. The summed E-state index contributed by atoms with van der Waals surface area (Å²) in [6, 6.07) is 5.16. The predicted molar refractivity (Wildman–Crippen MR) is 74.3 cm³/mol. The van der Waals surface area contributed by atoms with E-state index in [1.54, 1.807) is 6.07 Å². The molecule has 5 rings (SSSR count). The van der Waals surface area contributed by atoms with Crippen molar-refractivity contribution in [3.8, 4) is 17.6 Å². The normalized spacial score (nSPS) is 37.9. The number of nitrogens with zero attached hydrogens (tertiary/aromatic N) is 1. The zero-order valence-electron chi connectivity index (χ0n) is 11.5. The van der Waals surface area contributed by atoms with Gasteiger partial charge >= 0.3 is 0 Å². The second-order valence-electron chi connectivity index (χ2n) is 7.20. The molecule has 0 saturated heterocycles. The van der Waals surface area contributed by atoms with E-state index in [-0.39, 0.29) is 16.9 Å². The third-order valence-electron chi connectivity index (χ3n) is 5.82. The van der Waals surface area contributed by atoms with E-state index in [0.717, 1.165) is 42.6 Å². The van der Waals surface area contributed by atoms with Crippen LogP contribution < -0.4 is 0 Å². The Kier molecular flexibility index (Phi) is 2.36. The van der Waals surface area contributed by atoms with Gasteiger partial charge in [-0.1, -0.05) is 0 Å². The largest absolute Gasteiger partial charge is 0.508 e. The molecule has 2 N–H and O–H groups in total. The molecule has 0 aromatic heterocycles. The van der Waals surface area contributed by atoms with E-state index in [2.05, 4.69) is 6.07 Å². The van der Waals surface area contributed by atoms with Crippen LogP contribution in [0.3, 0.4) is 0 Å². The molecule has 0 spiro atoms. The van der Waals surface area contributed by atoms with E-state index >= 15 is 0 Å². The third kappa shape index (κ3) is 1.57. The first kappa shape index (κ1) is 12.1. The van der Waals surface area contributed by atoms with Gasteiger partial charge in [0.1, 0.15) is 17.6 Å². The maximum atomic E-state index is 9.99. The molecule has 0 amide bonds. The van der Waals surface area contributed by atoms with Gasteiger partial charge in [-0.05, 0) is 73.3 Å². The Morgan fingerprint density at radius 2 is 1.55 bits per heavy atom. The predicted octanol–water partition coefficient (Wildman–Crippen LogP) is 3.44. The van der Waals surface area contributed by atoms with Gasteiger partial charge in [0.25, 0.3) is 0 Å². The molecule has 0 unspecified atom stereocenters. The molecule has 4 fully saturated rings. The molecule has 0 aliphatic heterocycles. The van der Waals surface area contributed by atoms with Crippen molar-refractivity contribution in [2.24, 2.45) is 17.8 Å². The highest BCUT2D eigenvalue weighted by molar-refractivity contribution is 5.55. The summed E-state index contributed by atoms with van der Waals surface area (Å²) in [5.41, 5.74) is 1.30. The number of phenols is 2. The highest BCUT2D eigenvalue weighted by Crippen LogP contribution is 2.61. The average molecular weight is 269 g/mol. The molecule has 0 radical (unpaired) electrons. The number of hydrogen-bond acceptors (Lipinski definition) is 3. The van der Waals surface area contributed by atoms with Gasteiger partial charge < -0.3 is 10.2 Å². The van der Waals surface area contributed by atoms with Gasteiger partial charge in [-0.15, -0.1) is 0 Å². The summed E-state index contributed by atoms with van der Waals surface area (Å²) in [5.74, 6) is 2.33. The van der Waals surface area contributed by atoms with Crippen LogP contribution in [0.2, 0.25) is 0 Å². The van der Waals surface area contributed by atoms with E-state index in [1.807, 2.05) is 0 Å². The minimum absolute atomic E-state index is 0.0238. The molecule has 0 heterocycles. The lowest BCUT2D eigenvalue weighted by atomic mass is 9.47. The fourth-order valence-electron chi connectivity index (χ4n) is 5.59. The van der Waals surface area contributed by atoms with Gasteiger partial charge in [0, 0.05) is 6.07 Å². The summed E-state index contributed by atoms with van der Waals surface area (Å²) in [5, 5.41) is 29.2. The van der Waals surface area contributed by atoms with Crippen molar-refractivity contribution in [3.63, 3.8) is 0 Å². The Bertz CT molecular complexity index is 579. The first-order chi connectivity index (χ1) is 9.59. The van der Waals surface area contributed by atoms with Crippen LogP contribution in [0.4, 0.5) is 0 Å². The quantitative estimate of drug-likeness (QED) is 0.820. The minimum Gasteiger partial charge on any atom is -0.508 e. The number of rotatable bonds is 1. The van der Waals surface area contributed by atoms with Crippen molar-refractivity contribution in [2.45, 2.75) is 43.9 Å². The maximum absolute atomic E-state index is 9.99. The van der Waals surface area contributed by atoms with Crippen LogP contribution in [-0.4, -0.2) is 10.2 Å². The van der Waals surface area contributed by atoms with E-state index in [9.17, 15) is 15.5 Å². The third-order valence-corrected chi connectivity index (χ3v) is 5.82. The monoisotopic (exact) mass is 269 g/mol. The van der Waals surface area contributed by atoms with Crippen LogP contribution >= 0.6 is 0 Å². The van der Waals surface area contributed by atoms with Gasteiger partial charge in [-0.3, -0.25) is 0 Å². The number of hydrogen-bond donors (Lipinski definition) is 2. The Labute approximate surface area is 118 Å². The first-order valence-corrected chi connectivity index (χ1v) is 7.56. The van der Waals surface area contributed by atoms with Crippen molar-refractivity contribution in [1.82, 2.24) is 0 Å². The van der Waals surface area contributed by atoms with Gasteiger partial charge in [0.05, 0.1) is 5.56 Å². The fourth-order valence-corrected chi connectivity index (χ4v) is 5.59. The number of aromatic hydroxyl groups is 2. The summed E-state index contributed by atoms with van der Waals surface area (Å²) in [6.45, 7) is 0. The van der Waals surface area contributed by atoms with Crippen LogP contribution in [0.5, 0.6) is 11.5 Å². The Morgan fingerprint density at radius 3 is 2.05 bits per heavy atom. The van der Waals surface area contributed by atoms with E-state index in [0.29, 0.717) is 5.56 Å². The summed E-state index contributed by atoms with van der Waals surface area (Å²) >= 11 is 0. The topological polar surface area (TPSA) is 64.2 Å². The molecule has 4 saturated carbocycles. The fraction of sp³-hybridized carbons (Fsp3) is 0.588. The molecule has 0 atom stereocenters. The van der Waals surface area contributed by atoms with Crippen LogP contribution in [0, 0.1) is 29.1 Å². The molecule has 4 aliphatic rings. The molecule has 4 bridgehead atoms. The van der Waals surface area contributed by atoms with E-state index < -0.39 is 0 Å². The lowest BCUT2D eigenvalue weighted by molar-refractivity contribution is -0.00548. The standard InChI is InChI=1S/C17H19NO2/c18-9-14-15(4-13(19)5-16(14)20)17-6-10-1-11(7-17)3-12(2-10)8-17/h4-5,10-12,19-20H,1-3,6-8H2. The second kappa shape index (κ2) is 3.91. The highest BCUT2D eigenvalue weighted by atomic mass is 16.3. The van der Waals surface area contributed by atoms with E-state index in [1.165, 1.54) is 25.3 Å². The molecule has 1 aromatic carbocycles. The molecule has 104 valence electrons. The summed E-state index contributed by atoms with van der Waals surface area (Å²) in [6.07, 6.45) is 7.38. The van der Waals surface area contributed by atoms with Crippen LogP contribution in [0.1, 0.15) is 49.7 Å². The van der Waals surface area contributed by atoms with E-state index in [4.69, 9.17) is 0 Å². The van der Waals surface area contributed by atoms with Crippen molar-refractivity contribution >= 4 is 0 Å². The van der Waals surface area contributed by atoms with Crippen molar-refractivity contribution < 1.29 is 10.2 Å². The smallest absolute Gasteiger partial charge is 0.137 e. The van der Waals surface area contributed by atoms with Crippen LogP contribution in [0.15, 0.2) is 12.1 Å².